The van der Waals surface area contributed by atoms with Gasteiger partial charge < -0.3 is 4.79 Å². The Morgan fingerprint density at radius 3 is 1.85 bits per heavy atom. The van der Waals surface area contributed by atoms with Crippen molar-refractivity contribution in [1.29, 1.82) is 0 Å². The van der Waals surface area contributed by atoms with Gasteiger partial charge in [-0.1, -0.05) is 68.3 Å². The first-order chi connectivity index (χ1) is 13.3. The molecule has 0 atom stereocenters. The minimum atomic E-state index is 0.332. The molecule has 1 heteroatoms. The second-order valence-corrected chi connectivity index (χ2v) is 8.31. The highest BCUT2D eigenvalue weighted by Gasteiger charge is 2.20. The molecule has 0 unspecified atom stereocenters. The van der Waals surface area contributed by atoms with Crippen LogP contribution >= 0.6 is 0 Å². The van der Waals surface area contributed by atoms with Crippen molar-refractivity contribution in [2.45, 2.75) is 71.1 Å². The van der Waals surface area contributed by atoms with Gasteiger partial charge in [0.1, 0.15) is 6.29 Å². The molecule has 1 saturated carbocycles. The number of carbonyl (C=O) groups excluding carboxylic acids is 1. The quantitative estimate of drug-likeness (QED) is 0.346. The maximum absolute atomic E-state index is 10.9. The largest absolute Gasteiger partial charge is 0.303 e. The van der Waals surface area contributed by atoms with Crippen molar-refractivity contribution in [2.75, 3.05) is 0 Å². The Labute approximate surface area is 165 Å². The van der Waals surface area contributed by atoms with Gasteiger partial charge in [0.25, 0.3) is 0 Å². The third-order valence-electron chi connectivity index (χ3n) is 6.24. The predicted octanol–water partition coefficient (Wildman–Crippen LogP) is 7.02. The Balaban J connectivity index is 1.49. The number of hydrogen-bond donors (Lipinski definition) is 0. The third kappa shape index (κ3) is 6.06. The number of hydrogen-bond acceptors (Lipinski definition) is 1. The van der Waals surface area contributed by atoms with E-state index in [0.29, 0.717) is 5.92 Å². The molecule has 2 aromatic rings. The highest BCUT2D eigenvalue weighted by atomic mass is 16.1. The van der Waals surface area contributed by atoms with E-state index in [4.69, 9.17) is 0 Å². The Hall–Kier alpha value is -1.89. The molecule has 3 rings (SSSR count). The zero-order valence-electron chi connectivity index (χ0n) is 16.8. The lowest BCUT2D eigenvalue weighted by Gasteiger charge is -2.25. The third-order valence-corrected chi connectivity index (χ3v) is 6.24. The molecule has 0 saturated heterocycles. The number of aryl methyl sites for hydroxylation is 2. The lowest BCUT2D eigenvalue weighted by molar-refractivity contribution is -0.112. The summed E-state index contributed by atoms with van der Waals surface area (Å²) in [6.45, 7) is 2.25. The molecule has 1 fully saturated rings. The first-order valence-electron chi connectivity index (χ1n) is 10.9. The molecule has 0 bridgehead atoms. The summed E-state index contributed by atoms with van der Waals surface area (Å²) >= 11 is 0. The SMILES string of the molecule is CCCCCc1ccc(-c2ccc(CCC3CCC(C=O)CC3)cc2)cc1. The van der Waals surface area contributed by atoms with E-state index >= 15 is 0 Å². The van der Waals surface area contributed by atoms with Crippen LogP contribution in [-0.2, 0) is 17.6 Å². The topological polar surface area (TPSA) is 17.1 Å². The highest BCUT2D eigenvalue weighted by Crippen LogP contribution is 2.31. The average molecular weight is 363 g/mol. The summed E-state index contributed by atoms with van der Waals surface area (Å²) in [7, 11) is 0. The summed E-state index contributed by atoms with van der Waals surface area (Å²) < 4.78 is 0. The summed E-state index contributed by atoms with van der Waals surface area (Å²) in [5.41, 5.74) is 5.51. The molecule has 0 aromatic heterocycles. The second-order valence-electron chi connectivity index (χ2n) is 8.31. The van der Waals surface area contributed by atoms with Crippen molar-refractivity contribution < 1.29 is 4.79 Å². The van der Waals surface area contributed by atoms with E-state index in [1.165, 1.54) is 67.2 Å². The zero-order valence-corrected chi connectivity index (χ0v) is 16.8. The lowest BCUT2D eigenvalue weighted by Crippen LogP contribution is -2.15. The average Bonchev–Trinajstić information content (AvgIpc) is 2.74. The van der Waals surface area contributed by atoms with Crippen molar-refractivity contribution in [3.63, 3.8) is 0 Å². The van der Waals surface area contributed by atoms with E-state index in [0.717, 1.165) is 31.5 Å². The normalized spacial score (nSPS) is 19.7. The van der Waals surface area contributed by atoms with Crippen LogP contribution in [0.3, 0.4) is 0 Å². The number of aldehydes is 1. The molecule has 144 valence electrons. The number of benzene rings is 2. The van der Waals surface area contributed by atoms with E-state index in [1.54, 1.807) is 0 Å². The van der Waals surface area contributed by atoms with Gasteiger partial charge in [0.2, 0.25) is 0 Å². The van der Waals surface area contributed by atoms with Crippen molar-refractivity contribution in [2.24, 2.45) is 11.8 Å². The van der Waals surface area contributed by atoms with E-state index in [9.17, 15) is 4.79 Å². The minimum absolute atomic E-state index is 0.332. The van der Waals surface area contributed by atoms with Crippen molar-refractivity contribution >= 4 is 6.29 Å². The summed E-state index contributed by atoms with van der Waals surface area (Å²) in [4.78, 5) is 10.9. The van der Waals surface area contributed by atoms with Gasteiger partial charge in [0, 0.05) is 5.92 Å². The molecule has 1 aliphatic carbocycles. The van der Waals surface area contributed by atoms with Gasteiger partial charge in [-0.25, -0.2) is 0 Å². The van der Waals surface area contributed by atoms with E-state index in [2.05, 4.69) is 55.5 Å². The summed E-state index contributed by atoms with van der Waals surface area (Å²) in [5.74, 6) is 1.14. The fraction of sp³-hybridized carbons (Fsp3) is 0.500. The van der Waals surface area contributed by atoms with Crippen LogP contribution in [0.25, 0.3) is 11.1 Å². The fourth-order valence-corrected chi connectivity index (χ4v) is 4.29. The minimum Gasteiger partial charge on any atom is -0.303 e. The number of carbonyl (C=O) groups is 1. The van der Waals surface area contributed by atoms with Crippen LogP contribution < -0.4 is 0 Å². The van der Waals surface area contributed by atoms with Crippen LogP contribution in [0.1, 0.15) is 69.4 Å². The molecule has 1 nitrogen and oxygen atoms in total. The Morgan fingerprint density at radius 1 is 0.778 bits per heavy atom. The van der Waals surface area contributed by atoms with Crippen LogP contribution in [0, 0.1) is 11.8 Å². The predicted molar refractivity (Wildman–Crippen MR) is 115 cm³/mol. The molecule has 0 amide bonds. The van der Waals surface area contributed by atoms with E-state index < -0.39 is 0 Å². The first kappa shape index (κ1) is 19.9. The van der Waals surface area contributed by atoms with Crippen molar-refractivity contribution in [3.05, 3.63) is 59.7 Å². The van der Waals surface area contributed by atoms with Crippen LogP contribution in [0.15, 0.2) is 48.5 Å². The monoisotopic (exact) mass is 362 g/mol. The molecule has 0 N–H and O–H groups in total. The van der Waals surface area contributed by atoms with E-state index in [1.807, 2.05) is 0 Å². The second kappa shape index (κ2) is 10.4. The van der Waals surface area contributed by atoms with Gasteiger partial charge >= 0.3 is 0 Å². The van der Waals surface area contributed by atoms with Crippen LogP contribution in [-0.4, -0.2) is 6.29 Å². The highest BCUT2D eigenvalue weighted by molar-refractivity contribution is 5.64. The number of unbranched alkanes of at least 4 members (excludes halogenated alkanes) is 2. The maximum atomic E-state index is 10.9. The number of rotatable bonds is 9. The van der Waals surface area contributed by atoms with E-state index in [-0.39, 0.29) is 0 Å². The van der Waals surface area contributed by atoms with Gasteiger partial charge in [-0.2, -0.15) is 0 Å². The standard InChI is InChI=1S/C26H34O/c1-2-3-4-5-21-12-16-25(17-13-21)26-18-14-23(15-19-26)7-6-22-8-10-24(20-27)11-9-22/h12-20,22,24H,2-11H2,1H3. The zero-order chi connectivity index (χ0) is 18.9. The summed E-state index contributed by atoms with van der Waals surface area (Å²) in [6, 6.07) is 18.2. The van der Waals surface area contributed by atoms with Gasteiger partial charge in [0.05, 0.1) is 0 Å². The van der Waals surface area contributed by atoms with Crippen LogP contribution in [0.5, 0.6) is 0 Å². The summed E-state index contributed by atoms with van der Waals surface area (Å²) in [6.07, 6.45) is 13.3. The van der Waals surface area contributed by atoms with Gasteiger partial charge in [-0.05, 0) is 79.5 Å². The van der Waals surface area contributed by atoms with Gasteiger partial charge in [0.15, 0.2) is 0 Å². The summed E-state index contributed by atoms with van der Waals surface area (Å²) in [5, 5.41) is 0. The molecule has 0 heterocycles. The van der Waals surface area contributed by atoms with Gasteiger partial charge in [-0.15, -0.1) is 0 Å². The van der Waals surface area contributed by atoms with Crippen molar-refractivity contribution in [3.8, 4) is 11.1 Å². The Bertz CT molecular complexity index is 675. The smallest absolute Gasteiger partial charge is 0.123 e. The maximum Gasteiger partial charge on any atom is 0.123 e. The molecule has 0 spiro atoms. The molecule has 2 aromatic carbocycles. The molecule has 27 heavy (non-hydrogen) atoms. The van der Waals surface area contributed by atoms with Crippen LogP contribution in [0.4, 0.5) is 0 Å². The van der Waals surface area contributed by atoms with Crippen molar-refractivity contribution in [1.82, 2.24) is 0 Å². The molecular formula is C26H34O. The van der Waals surface area contributed by atoms with Gasteiger partial charge in [-0.3, -0.25) is 0 Å². The first-order valence-corrected chi connectivity index (χ1v) is 10.9. The molecule has 0 aliphatic heterocycles. The Morgan fingerprint density at radius 2 is 1.33 bits per heavy atom. The lowest BCUT2D eigenvalue weighted by atomic mass is 9.80. The molecule has 0 radical (unpaired) electrons. The fourth-order valence-electron chi connectivity index (χ4n) is 4.29. The Kier molecular flexibility index (Phi) is 7.68. The van der Waals surface area contributed by atoms with Crippen LogP contribution in [0.2, 0.25) is 0 Å². The molecular weight excluding hydrogens is 328 g/mol. The molecule has 1 aliphatic rings.